The summed E-state index contributed by atoms with van der Waals surface area (Å²) < 4.78 is 12.8. The number of methoxy groups -OCH3 is 2. The minimum Gasteiger partial charge on any atom is -0.493 e. The van der Waals surface area contributed by atoms with Crippen LogP contribution in [0.4, 0.5) is 0 Å². The van der Waals surface area contributed by atoms with Gasteiger partial charge >= 0.3 is 0 Å². The second-order valence-corrected chi connectivity index (χ2v) is 8.14. The number of benzene rings is 2. The summed E-state index contributed by atoms with van der Waals surface area (Å²) in [7, 11) is 3.26. The van der Waals surface area contributed by atoms with E-state index in [4.69, 9.17) is 14.5 Å². The number of rotatable bonds is 5. The molecule has 4 aromatic rings. The van der Waals surface area contributed by atoms with Crippen LogP contribution in [0, 0.1) is 0 Å². The fourth-order valence-corrected chi connectivity index (χ4v) is 4.62. The number of imidazole rings is 1. The first-order valence-electron chi connectivity index (χ1n) is 10.0. The Bertz CT molecular complexity index is 1250. The number of aromatic nitrogens is 3. The van der Waals surface area contributed by atoms with E-state index in [0.717, 1.165) is 40.3 Å². The Morgan fingerprint density at radius 2 is 1.90 bits per heavy atom. The van der Waals surface area contributed by atoms with Crippen LogP contribution in [0.3, 0.4) is 0 Å². The molecular weight excluding hydrogens is 412 g/mol. The molecule has 0 bridgehead atoms. The highest BCUT2D eigenvalue weighted by Gasteiger charge is 2.25. The molecule has 1 aliphatic rings. The Kier molecular flexibility index (Phi) is 5.07. The predicted molar refractivity (Wildman–Crippen MR) is 120 cm³/mol. The first-order valence-corrected chi connectivity index (χ1v) is 11.0. The van der Waals surface area contributed by atoms with Crippen molar-refractivity contribution in [1.29, 1.82) is 0 Å². The smallest absolute Gasteiger partial charge is 0.242 e. The Labute approximate surface area is 183 Å². The van der Waals surface area contributed by atoms with Crippen LogP contribution in [0.15, 0.2) is 47.3 Å². The van der Waals surface area contributed by atoms with Crippen molar-refractivity contribution in [3.05, 3.63) is 58.4 Å². The minimum absolute atomic E-state index is 0.0556. The van der Waals surface area contributed by atoms with E-state index in [1.165, 1.54) is 16.9 Å². The topological polar surface area (TPSA) is 69.5 Å². The molecule has 0 radical (unpaired) electrons. The third-order valence-electron chi connectivity index (χ3n) is 5.68. The fourth-order valence-electron chi connectivity index (χ4n) is 4.09. The van der Waals surface area contributed by atoms with E-state index in [9.17, 15) is 4.79 Å². The highest BCUT2D eigenvalue weighted by atomic mass is 32.1. The summed E-state index contributed by atoms with van der Waals surface area (Å²) in [4.78, 5) is 24.4. The lowest BCUT2D eigenvalue weighted by molar-refractivity contribution is -0.132. The van der Waals surface area contributed by atoms with Gasteiger partial charge in [0.25, 0.3) is 0 Å². The van der Waals surface area contributed by atoms with Gasteiger partial charge in [0.15, 0.2) is 17.3 Å². The number of para-hydroxylation sites is 2. The second kappa shape index (κ2) is 8.03. The van der Waals surface area contributed by atoms with Crippen LogP contribution >= 0.6 is 11.3 Å². The van der Waals surface area contributed by atoms with Gasteiger partial charge in [-0.05, 0) is 41.8 Å². The van der Waals surface area contributed by atoms with Crippen LogP contribution < -0.4 is 9.47 Å². The number of hydrogen-bond acceptors (Lipinski definition) is 6. The van der Waals surface area contributed by atoms with Crippen molar-refractivity contribution >= 4 is 28.3 Å². The summed E-state index contributed by atoms with van der Waals surface area (Å²) in [5.74, 6) is 2.18. The minimum atomic E-state index is 0.0556. The van der Waals surface area contributed by atoms with Gasteiger partial charge in [-0.15, -0.1) is 11.3 Å². The van der Waals surface area contributed by atoms with Gasteiger partial charge in [-0.2, -0.15) is 0 Å². The average molecular weight is 435 g/mol. The standard InChI is InChI=1S/C23H22N4O3S/c1-29-20-9-15-7-8-26(11-16(15)10-21(20)30-2)22(28)12-27-19-6-4-3-5-17(19)25-23(27)18-13-31-14-24-18/h3-6,9-10,13-14H,7-8,11-12H2,1-2H3. The fraction of sp³-hybridized carbons (Fsp3) is 0.261. The number of thiazole rings is 1. The Morgan fingerprint density at radius 3 is 2.65 bits per heavy atom. The summed E-state index contributed by atoms with van der Waals surface area (Å²) in [6, 6.07) is 11.9. The lowest BCUT2D eigenvalue weighted by atomic mass is 9.98. The Balaban J connectivity index is 1.44. The van der Waals surface area contributed by atoms with Crippen LogP contribution in [-0.2, 0) is 24.3 Å². The summed E-state index contributed by atoms with van der Waals surface area (Å²) in [6.45, 7) is 1.43. The van der Waals surface area contributed by atoms with Gasteiger partial charge in [0.05, 0.1) is 30.8 Å². The molecule has 1 aliphatic heterocycles. The van der Waals surface area contributed by atoms with Crippen molar-refractivity contribution in [2.24, 2.45) is 0 Å². The molecule has 31 heavy (non-hydrogen) atoms. The maximum absolute atomic E-state index is 13.3. The predicted octanol–water partition coefficient (Wildman–Crippen LogP) is 3.76. The van der Waals surface area contributed by atoms with E-state index in [1.807, 2.05) is 51.2 Å². The molecular formula is C23H22N4O3S. The maximum atomic E-state index is 13.3. The molecule has 2 aromatic heterocycles. The first-order chi connectivity index (χ1) is 15.2. The summed E-state index contributed by atoms with van der Waals surface area (Å²) in [5, 5.41) is 1.96. The van der Waals surface area contributed by atoms with E-state index >= 15 is 0 Å². The third-order valence-corrected chi connectivity index (χ3v) is 6.27. The van der Waals surface area contributed by atoms with Gasteiger partial charge in [-0.3, -0.25) is 4.79 Å². The van der Waals surface area contributed by atoms with Gasteiger partial charge in [0.2, 0.25) is 5.91 Å². The lowest BCUT2D eigenvalue weighted by Crippen LogP contribution is -2.38. The summed E-state index contributed by atoms with van der Waals surface area (Å²) in [5.41, 5.74) is 6.64. The van der Waals surface area contributed by atoms with Gasteiger partial charge in [-0.1, -0.05) is 12.1 Å². The number of fused-ring (bicyclic) bond motifs is 2. The molecule has 0 atom stereocenters. The van der Waals surface area contributed by atoms with Gasteiger partial charge in [0.1, 0.15) is 12.2 Å². The molecule has 8 heteroatoms. The molecule has 1 amide bonds. The first kappa shape index (κ1) is 19.6. The molecule has 7 nitrogen and oxygen atoms in total. The van der Waals surface area contributed by atoms with Gasteiger partial charge in [-0.25, -0.2) is 9.97 Å². The van der Waals surface area contributed by atoms with Gasteiger partial charge < -0.3 is 18.9 Å². The number of nitrogens with zero attached hydrogens (tertiary/aromatic N) is 4. The molecule has 0 fully saturated rings. The number of hydrogen-bond donors (Lipinski definition) is 0. The van der Waals surface area contributed by atoms with E-state index in [0.29, 0.717) is 18.8 Å². The van der Waals surface area contributed by atoms with Gasteiger partial charge in [0, 0.05) is 18.5 Å². The molecule has 2 aromatic carbocycles. The zero-order valence-electron chi connectivity index (χ0n) is 17.4. The average Bonchev–Trinajstić information content (AvgIpc) is 3.46. The molecule has 0 unspecified atom stereocenters. The van der Waals surface area contributed by atoms with Crippen molar-refractivity contribution in [2.75, 3.05) is 20.8 Å². The monoisotopic (exact) mass is 434 g/mol. The number of amides is 1. The summed E-state index contributed by atoms with van der Waals surface area (Å²) in [6.07, 6.45) is 0.783. The van der Waals surface area contributed by atoms with E-state index in [2.05, 4.69) is 4.98 Å². The molecule has 0 saturated heterocycles. The highest BCUT2D eigenvalue weighted by Crippen LogP contribution is 2.33. The third kappa shape index (κ3) is 3.53. The van der Waals surface area contributed by atoms with Crippen LogP contribution in [0.5, 0.6) is 11.5 Å². The van der Waals surface area contributed by atoms with Crippen molar-refractivity contribution < 1.29 is 14.3 Å². The van der Waals surface area contributed by atoms with Crippen LogP contribution in [0.25, 0.3) is 22.6 Å². The highest BCUT2D eigenvalue weighted by molar-refractivity contribution is 7.07. The van der Waals surface area contributed by atoms with Crippen LogP contribution in [-0.4, -0.2) is 46.1 Å². The zero-order chi connectivity index (χ0) is 21.4. The Hall–Kier alpha value is -3.39. The molecule has 3 heterocycles. The van der Waals surface area contributed by atoms with E-state index in [-0.39, 0.29) is 12.5 Å². The molecule has 0 spiro atoms. The van der Waals surface area contributed by atoms with Crippen molar-refractivity contribution in [3.63, 3.8) is 0 Å². The SMILES string of the molecule is COc1cc2c(cc1OC)CN(C(=O)Cn1c(-c3cscn3)nc3ccccc31)CC2. The number of ether oxygens (including phenoxy) is 2. The molecule has 5 rings (SSSR count). The normalized spacial score (nSPS) is 13.3. The molecule has 0 saturated carbocycles. The number of carbonyl (C=O) groups is 1. The Morgan fingerprint density at radius 1 is 1.13 bits per heavy atom. The second-order valence-electron chi connectivity index (χ2n) is 7.43. The van der Waals surface area contributed by atoms with E-state index < -0.39 is 0 Å². The van der Waals surface area contributed by atoms with Crippen molar-refractivity contribution in [2.45, 2.75) is 19.5 Å². The largest absolute Gasteiger partial charge is 0.493 e. The zero-order valence-corrected chi connectivity index (χ0v) is 18.2. The summed E-state index contributed by atoms with van der Waals surface area (Å²) >= 11 is 1.52. The quantitative estimate of drug-likeness (QED) is 0.478. The lowest BCUT2D eigenvalue weighted by Gasteiger charge is -2.30. The van der Waals surface area contributed by atoms with E-state index in [1.54, 1.807) is 19.7 Å². The van der Waals surface area contributed by atoms with Crippen molar-refractivity contribution in [1.82, 2.24) is 19.4 Å². The van der Waals surface area contributed by atoms with Crippen molar-refractivity contribution in [3.8, 4) is 23.0 Å². The molecule has 0 aliphatic carbocycles. The maximum Gasteiger partial charge on any atom is 0.242 e. The molecule has 0 N–H and O–H groups in total. The number of carbonyl (C=O) groups excluding carboxylic acids is 1. The van der Waals surface area contributed by atoms with Crippen LogP contribution in [0.1, 0.15) is 11.1 Å². The molecule has 158 valence electrons. The van der Waals surface area contributed by atoms with Crippen LogP contribution in [0.2, 0.25) is 0 Å².